The summed E-state index contributed by atoms with van der Waals surface area (Å²) in [6.07, 6.45) is 5.46. The van der Waals surface area contributed by atoms with Gasteiger partial charge in [0.15, 0.2) is 0 Å². The van der Waals surface area contributed by atoms with Crippen LogP contribution < -0.4 is 0 Å². The quantitative estimate of drug-likeness (QED) is 0.387. The minimum atomic E-state index is 1.17. The molecule has 0 heterocycles. The Morgan fingerprint density at radius 3 is 2.29 bits per heavy atom. The van der Waals surface area contributed by atoms with E-state index in [-0.39, 0.29) is 0 Å². The summed E-state index contributed by atoms with van der Waals surface area (Å²) in [5.74, 6) is 0. The highest BCUT2D eigenvalue weighted by Gasteiger charge is 2.19. The van der Waals surface area contributed by atoms with Crippen molar-refractivity contribution in [2.24, 2.45) is 0 Å². The van der Waals surface area contributed by atoms with Gasteiger partial charge in [-0.3, -0.25) is 0 Å². The van der Waals surface area contributed by atoms with Crippen LogP contribution in [0.2, 0.25) is 6.04 Å². The van der Waals surface area contributed by atoms with Crippen LogP contribution in [0.4, 0.5) is 0 Å². The average molecular weight is 113 g/mol. The molecule has 0 saturated carbocycles. The molecule has 39 valence electrons. The molecular weight excluding hydrogens is 100 g/mol. The molecule has 0 fully saturated rings. The zero-order chi connectivity index (χ0) is 5.54. The van der Waals surface area contributed by atoms with Crippen LogP contribution in [-0.2, 0) is 0 Å². The molecule has 0 amide bonds. The lowest BCUT2D eigenvalue weighted by molar-refractivity contribution is 0.701. The van der Waals surface area contributed by atoms with Crippen molar-refractivity contribution in [3.63, 3.8) is 0 Å². The second-order valence-electron chi connectivity index (χ2n) is 1.81. The summed E-state index contributed by atoms with van der Waals surface area (Å²) in [5, 5.41) is 0. The zero-order valence-corrected chi connectivity index (χ0v) is 6.04. The Labute approximate surface area is 49.7 Å². The molecule has 0 N–H and O–H groups in total. The molecule has 0 saturated heterocycles. The van der Waals surface area contributed by atoms with E-state index in [1.807, 2.05) is 0 Å². The van der Waals surface area contributed by atoms with Crippen molar-refractivity contribution in [2.45, 2.75) is 38.7 Å². The SMILES string of the molecule is CCCCCC[Si+2]. The largest absolute Gasteiger partial charge is 1.38 e. The number of rotatable bonds is 4. The van der Waals surface area contributed by atoms with Crippen molar-refractivity contribution in [1.82, 2.24) is 0 Å². The van der Waals surface area contributed by atoms with Crippen LogP contribution in [0.25, 0.3) is 0 Å². The van der Waals surface area contributed by atoms with Gasteiger partial charge in [0.1, 0.15) is 0 Å². The van der Waals surface area contributed by atoms with Crippen molar-refractivity contribution in [1.29, 1.82) is 0 Å². The molecule has 0 aliphatic rings. The van der Waals surface area contributed by atoms with E-state index < -0.39 is 0 Å². The van der Waals surface area contributed by atoms with Crippen molar-refractivity contribution in [3.05, 3.63) is 0 Å². The van der Waals surface area contributed by atoms with Gasteiger partial charge in [0, 0.05) is 6.42 Å². The fourth-order valence-electron chi connectivity index (χ4n) is 0.552. The Hall–Kier alpha value is 0.217. The first-order chi connectivity index (χ1) is 3.41. The highest BCUT2D eigenvalue weighted by atomic mass is 28.1. The summed E-state index contributed by atoms with van der Waals surface area (Å²) in [4.78, 5) is 0. The predicted octanol–water partition coefficient (Wildman–Crippen LogP) is 2.15. The lowest BCUT2D eigenvalue weighted by atomic mass is 10.2. The van der Waals surface area contributed by atoms with E-state index in [9.17, 15) is 0 Å². The minimum Gasteiger partial charge on any atom is -0.0654 e. The van der Waals surface area contributed by atoms with E-state index in [2.05, 4.69) is 17.2 Å². The first-order valence-electron chi connectivity index (χ1n) is 3.06. The highest BCUT2D eigenvalue weighted by molar-refractivity contribution is 6.08. The molecule has 0 aliphatic carbocycles. The summed E-state index contributed by atoms with van der Waals surface area (Å²) < 4.78 is 0. The molecule has 0 rings (SSSR count). The van der Waals surface area contributed by atoms with Crippen LogP contribution in [0.1, 0.15) is 32.6 Å². The fraction of sp³-hybridized carbons (Fsp3) is 1.00. The second kappa shape index (κ2) is 6.22. The highest BCUT2D eigenvalue weighted by Crippen LogP contribution is 1.99. The molecule has 7 heavy (non-hydrogen) atoms. The summed E-state index contributed by atoms with van der Waals surface area (Å²) in [5.41, 5.74) is 0. The Morgan fingerprint density at radius 2 is 1.86 bits per heavy atom. The van der Waals surface area contributed by atoms with E-state index in [4.69, 9.17) is 0 Å². The molecule has 0 atom stereocenters. The second-order valence-corrected chi connectivity index (χ2v) is 2.31. The maximum Gasteiger partial charge on any atom is 1.38 e. The van der Waals surface area contributed by atoms with Gasteiger partial charge in [0.2, 0.25) is 0 Å². The van der Waals surface area contributed by atoms with Crippen molar-refractivity contribution in [3.8, 4) is 0 Å². The van der Waals surface area contributed by atoms with E-state index in [0.29, 0.717) is 0 Å². The van der Waals surface area contributed by atoms with Crippen LogP contribution in [0.15, 0.2) is 0 Å². The van der Waals surface area contributed by atoms with Crippen LogP contribution in [0.5, 0.6) is 0 Å². The van der Waals surface area contributed by atoms with Crippen LogP contribution in [0, 0.1) is 0 Å². The van der Waals surface area contributed by atoms with Gasteiger partial charge < -0.3 is 0 Å². The third-order valence-electron chi connectivity index (χ3n) is 1.03. The van der Waals surface area contributed by atoms with Gasteiger partial charge in [-0.05, 0) is 6.42 Å². The van der Waals surface area contributed by atoms with Crippen LogP contribution in [0.3, 0.4) is 0 Å². The van der Waals surface area contributed by atoms with Crippen molar-refractivity contribution in [2.75, 3.05) is 0 Å². The van der Waals surface area contributed by atoms with Gasteiger partial charge in [-0.15, -0.1) is 0 Å². The topological polar surface area (TPSA) is 0 Å². The molecule has 0 aromatic rings. The third-order valence-corrected chi connectivity index (χ3v) is 1.38. The van der Waals surface area contributed by atoms with E-state index in [1.54, 1.807) is 0 Å². The maximum atomic E-state index is 3.42. The Kier molecular flexibility index (Phi) is 6.41. The molecule has 0 aromatic carbocycles. The monoisotopic (exact) mass is 113 g/mol. The van der Waals surface area contributed by atoms with Gasteiger partial charge in [0.05, 0.1) is 0 Å². The average Bonchev–Trinajstić information content (AvgIpc) is 1.69. The molecule has 0 spiro atoms. The molecule has 0 aromatic heterocycles. The Bertz CT molecular complexity index is 23.4. The van der Waals surface area contributed by atoms with E-state index in [1.165, 1.54) is 31.7 Å². The maximum absolute atomic E-state index is 3.42. The molecule has 0 aliphatic heterocycles. The van der Waals surface area contributed by atoms with Crippen LogP contribution >= 0.6 is 0 Å². The summed E-state index contributed by atoms with van der Waals surface area (Å²) in [6, 6.07) is 1.17. The molecule has 1 heteroatoms. The van der Waals surface area contributed by atoms with Crippen LogP contribution in [-0.4, -0.2) is 10.2 Å². The lowest BCUT2D eigenvalue weighted by Gasteiger charge is -1.84. The summed E-state index contributed by atoms with van der Waals surface area (Å²) in [7, 11) is 3.42. The lowest BCUT2D eigenvalue weighted by Crippen LogP contribution is -1.72. The first kappa shape index (κ1) is 7.22. The molecule has 0 bridgehead atoms. The third kappa shape index (κ3) is 6.22. The van der Waals surface area contributed by atoms with Crippen molar-refractivity contribution < 1.29 is 0 Å². The summed E-state index contributed by atoms with van der Waals surface area (Å²) in [6.45, 7) is 2.23. The minimum absolute atomic E-state index is 1.17. The predicted molar refractivity (Wildman–Crippen MR) is 34.7 cm³/mol. The van der Waals surface area contributed by atoms with Gasteiger partial charge in [-0.2, -0.15) is 0 Å². The molecular formula is C6H13Si+2. The standard InChI is InChI=1S/C6H13Si/c1-2-3-4-5-6-7/h2-6H2,1H3/q+2. The number of unbranched alkanes of at least 4 members (excludes halogenated alkanes) is 3. The van der Waals surface area contributed by atoms with E-state index >= 15 is 0 Å². The fourth-order valence-corrected chi connectivity index (χ4v) is 0.802. The van der Waals surface area contributed by atoms with Gasteiger partial charge in [0.25, 0.3) is 0 Å². The van der Waals surface area contributed by atoms with Crippen molar-refractivity contribution >= 4 is 10.2 Å². The first-order valence-corrected chi connectivity index (χ1v) is 3.77. The number of hydrogen-bond donors (Lipinski definition) is 0. The summed E-state index contributed by atoms with van der Waals surface area (Å²) >= 11 is 0. The van der Waals surface area contributed by atoms with E-state index in [0.717, 1.165) is 0 Å². The Morgan fingerprint density at radius 1 is 1.14 bits per heavy atom. The normalized spacial score (nSPS) is 9.14. The van der Waals surface area contributed by atoms with Gasteiger partial charge in [-0.25, -0.2) is 0 Å². The smallest absolute Gasteiger partial charge is 0.0654 e. The Balaban J connectivity index is 2.45. The molecule has 0 unspecified atom stereocenters. The van der Waals surface area contributed by atoms with Gasteiger partial charge in [-0.1, -0.05) is 19.8 Å². The van der Waals surface area contributed by atoms with Gasteiger partial charge >= 0.3 is 16.3 Å². The zero-order valence-electron chi connectivity index (χ0n) is 5.04. The number of hydrogen-bond acceptors (Lipinski definition) is 0. The molecule has 0 nitrogen and oxygen atoms in total. The molecule has 1 radical (unpaired) electrons.